The van der Waals surface area contributed by atoms with Crippen molar-refractivity contribution in [3.8, 4) is 11.5 Å². The number of thioether (sulfide) groups is 1. The monoisotopic (exact) mass is 422 g/mol. The molecule has 1 aliphatic rings. The van der Waals surface area contributed by atoms with Crippen LogP contribution in [0.2, 0.25) is 0 Å². The Labute approximate surface area is 159 Å². The minimum Gasteiger partial charge on any atom is -0.497 e. The largest absolute Gasteiger partial charge is 0.497 e. The minimum atomic E-state index is -0.123. The zero-order valence-electron chi connectivity index (χ0n) is 14.0. The van der Waals surface area contributed by atoms with E-state index in [1.165, 1.54) is 0 Å². The van der Waals surface area contributed by atoms with Gasteiger partial charge in [0.1, 0.15) is 16.9 Å². The Hall–Kier alpha value is -1.86. The average molecular weight is 423 g/mol. The number of carbonyl (C=O) groups excluding carboxylic acids is 1. The van der Waals surface area contributed by atoms with E-state index in [1.54, 1.807) is 26.0 Å². The number of hydrogen-bond donors (Lipinski definition) is 1. The topological polar surface area (TPSA) is 50.8 Å². The second kappa shape index (κ2) is 8.01. The first-order valence-corrected chi connectivity index (χ1v) is 9.63. The lowest BCUT2D eigenvalue weighted by Crippen LogP contribution is -2.34. The Bertz CT molecular complexity index is 754. The molecule has 0 aromatic heterocycles. The van der Waals surface area contributed by atoms with E-state index in [-0.39, 0.29) is 11.4 Å². The minimum absolute atomic E-state index is 0.111. The molecule has 1 atom stereocenters. The van der Waals surface area contributed by atoms with Crippen molar-refractivity contribution in [2.24, 2.45) is 0 Å². The molecule has 3 rings (SSSR count). The zero-order chi connectivity index (χ0) is 17.8. The van der Waals surface area contributed by atoms with Gasteiger partial charge in [0.25, 0.3) is 0 Å². The van der Waals surface area contributed by atoms with Crippen LogP contribution in [0.25, 0.3) is 0 Å². The van der Waals surface area contributed by atoms with E-state index in [2.05, 4.69) is 21.2 Å². The Morgan fingerprint density at radius 1 is 1.20 bits per heavy atom. The molecule has 0 saturated carbocycles. The van der Waals surface area contributed by atoms with Crippen molar-refractivity contribution in [2.45, 2.75) is 5.37 Å². The Morgan fingerprint density at radius 3 is 2.64 bits per heavy atom. The van der Waals surface area contributed by atoms with E-state index in [4.69, 9.17) is 9.47 Å². The van der Waals surface area contributed by atoms with E-state index < -0.39 is 0 Å². The van der Waals surface area contributed by atoms with Crippen LogP contribution in [0, 0.1) is 0 Å². The van der Waals surface area contributed by atoms with E-state index in [0.29, 0.717) is 6.54 Å². The molecule has 2 aromatic carbocycles. The molecule has 0 aliphatic carbocycles. The third kappa shape index (κ3) is 4.04. The zero-order valence-corrected chi connectivity index (χ0v) is 16.4. The maximum absolute atomic E-state index is 12.8. The summed E-state index contributed by atoms with van der Waals surface area (Å²) in [5, 5.41) is 2.85. The highest BCUT2D eigenvalue weighted by atomic mass is 79.9. The maximum atomic E-state index is 12.8. The van der Waals surface area contributed by atoms with E-state index in [9.17, 15) is 4.79 Å². The molecule has 2 aromatic rings. The molecule has 1 saturated heterocycles. The van der Waals surface area contributed by atoms with Crippen LogP contribution in [0.1, 0.15) is 10.9 Å². The number of halogens is 1. The molecule has 1 aliphatic heterocycles. The van der Waals surface area contributed by atoms with Crippen LogP contribution in [-0.2, 0) is 0 Å². The van der Waals surface area contributed by atoms with Gasteiger partial charge < -0.3 is 19.7 Å². The summed E-state index contributed by atoms with van der Waals surface area (Å²) in [4.78, 5) is 14.6. The summed E-state index contributed by atoms with van der Waals surface area (Å²) in [5.74, 6) is 2.37. The first-order valence-electron chi connectivity index (χ1n) is 7.79. The summed E-state index contributed by atoms with van der Waals surface area (Å²) in [5.41, 5.74) is 1.71. The van der Waals surface area contributed by atoms with E-state index in [0.717, 1.165) is 33.0 Å². The number of benzene rings is 2. The van der Waals surface area contributed by atoms with E-state index in [1.807, 2.05) is 47.4 Å². The van der Waals surface area contributed by atoms with Crippen LogP contribution in [0.15, 0.2) is 46.9 Å². The van der Waals surface area contributed by atoms with Gasteiger partial charge in [-0.25, -0.2) is 4.79 Å². The summed E-state index contributed by atoms with van der Waals surface area (Å²) < 4.78 is 11.8. The number of ether oxygens (including phenoxy) is 2. The molecule has 132 valence electrons. The second-order valence-electron chi connectivity index (χ2n) is 5.46. The standard InChI is InChI=1S/C18H19BrN2O3S/c1-23-14-7-8-16(24-2)15(11-14)17-21(9-10-25-17)18(22)20-13-5-3-12(19)4-6-13/h3-8,11,17H,9-10H2,1-2H3,(H,20,22). The predicted molar refractivity (Wildman–Crippen MR) is 105 cm³/mol. The highest BCUT2D eigenvalue weighted by Crippen LogP contribution is 2.43. The van der Waals surface area contributed by atoms with Crippen LogP contribution in [-0.4, -0.2) is 37.4 Å². The van der Waals surface area contributed by atoms with Gasteiger partial charge in [-0.3, -0.25) is 0 Å². The van der Waals surface area contributed by atoms with E-state index >= 15 is 0 Å². The second-order valence-corrected chi connectivity index (χ2v) is 7.57. The summed E-state index contributed by atoms with van der Waals surface area (Å²) >= 11 is 5.11. The Morgan fingerprint density at radius 2 is 1.96 bits per heavy atom. The molecule has 1 heterocycles. The number of hydrogen-bond acceptors (Lipinski definition) is 4. The molecule has 2 amide bonds. The van der Waals surface area contributed by atoms with Crippen molar-refractivity contribution in [1.29, 1.82) is 0 Å². The lowest BCUT2D eigenvalue weighted by atomic mass is 10.1. The fraction of sp³-hybridized carbons (Fsp3) is 0.278. The van der Waals surface area contributed by atoms with Gasteiger partial charge in [0.05, 0.1) is 14.2 Å². The normalized spacial score (nSPS) is 16.6. The molecule has 0 spiro atoms. The van der Waals surface area contributed by atoms with Crippen molar-refractivity contribution in [3.05, 3.63) is 52.5 Å². The lowest BCUT2D eigenvalue weighted by molar-refractivity contribution is 0.213. The lowest BCUT2D eigenvalue weighted by Gasteiger charge is -2.26. The fourth-order valence-electron chi connectivity index (χ4n) is 2.70. The summed E-state index contributed by atoms with van der Waals surface area (Å²) in [7, 11) is 3.27. The number of urea groups is 1. The van der Waals surface area contributed by atoms with Gasteiger partial charge in [-0.1, -0.05) is 15.9 Å². The third-order valence-corrected chi connectivity index (χ3v) is 5.72. The molecule has 7 heteroatoms. The molecule has 25 heavy (non-hydrogen) atoms. The molecule has 0 radical (unpaired) electrons. The number of amides is 2. The van der Waals surface area contributed by atoms with Crippen molar-refractivity contribution in [2.75, 3.05) is 31.8 Å². The smallest absolute Gasteiger partial charge is 0.323 e. The first kappa shape index (κ1) is 17.9. The number of carbonyl (C=O) groups is 1. The molecular formula is C18H19BrN2O3S. The molecule has 1 unspecified atom stereocenters. The van der Waals surface area contributed by atoms with Gasteiger partial charge >= 0.3 is 6.03 Å². The quantitative estimate of drug-likeness (QED) is 0.772. The van der Waals surface area contributed by atoms with Crippen LogP contribution in [0.4, 0.5) is 10.5 Å². The Balaban J connectivity index is 1.82. The first-order chi connectivity index (χ1) is 12.1. The molecule has 0 bridgehead atoms. The van der Waals surface area contributed by atoms with Crippen molar-refractivity contribution in [1.82, 2.24) is 4.90 Å². The number of methoxy groups -OCH3 is 2. The fourth-order valence-corrected chi connectivity index (χ4v) is 4.23. The summed E-state index contributed by atoms with van der Waals surface area (Å²) in [6.07, 6.45) is 0. The van der Waals surface area contributed by atoms with Crippen molar-refractivity contribution in [3.63, 3.8) is 0 Å². The predicted octanol–water partition coefficient (Wildman–Crippen LogP) is 4.75. The Kier molecular flexibility index (Phi) is 5.75. The molecule has 1 N–H and O–H groups in total. The summed E-state index contributed by atoms with van der Waals surface area (Å²) in [6, 6.07) is 13.1. The number of nitrogens with one attached hydrogen (secondary N) is 1. The van der Waals surface area contributed by atoms with Gasteiger partial charge in [0, 0.05) is 28.0 Å². The third-order valence-electron chi connectivity index (χ3n) is 3.95. The maximum Gasteiger partial charge on any atom is 0.323 e. The number of nitrogens with zero attached hydrogens (tertiary/aromatic N) is 1. The van der Waals surface area contributed by atoms with Gasteiger partial charge in [-0.05, 0) is 42.5 Å². The van der Waals surface area contributed by atoms with Gasteiger partial charge in [0.15, 0.2) is 0 Å². The molecule has 1 fully saturated rings. The number of anilines is 1. The van der Waals surface area contributed by atoms with Crippen LogP contribution >= 0.6 is 27.7 Å². The van der Waals surface area contributed by atoms with Crippen molar-refractivity contribution >= 4 is 39.4 Å². The number of rotatable bonds is 4. The highest BCUT2D eigenvalue weighted by Gasteiger charge is 2.33. The van der Waals surface area contributed by atoms with Crippen LogP contribution in [0.3, 0.4) is 0 Å². The van der Waals surface area contributed by atoms with Gasteiger partial charge in [-0.2, -0.15) is 0 Å². The van der Waals surface area contributed by atoms with Gasteiger partial charge in [-0.15, -0.1) is 11.8 Å². The average Bonchev–Trinajstić information content (AvgIpc) is 3.12. The molecular weight excluding hydrogens is 404 g/mol. The summed E-state index contributed by atoms with van der Waals surface area (Å²) in [6.45, 7) is 0.679. The SMILES string of the molecule is COc1ccc(OC)c(C2SCCN2C(=O)Nc2ccc(Br)cc2)c1. The molecule has 5 nitrogen and oxygen atoms in total. The van der Waals surface area contributed by atoms with Gasteiger partial charge in [0.2, 0.25) is 0 Å². The van der Waals surface area contributed by atoms with Crippen LogP contribution < -0.4 is 14.8 Å². The highest BCUT2D eigenvalue weighted by molar-refractivity contribution is 9.10. The van der Waals surface area contributed by atoms with Crippen LogP contribution in [0.5, 0.6) is 11.5 Å². The van der Waals surface area contributed by atoms with Crippen molar-refractivity contribution < 1.29 is 14.3 Å².